The van der Waals surface area contributed by atoms with Crippen LogP contribution in [0.4, 0.5) is 0 Å². The van der Waals surface area contributed by atoms with E-state index < -0.39 is 0 Å². The Bertz CT molecular complexity index is 468. The molecular formula is C19H31NO. The Morgan fingerprint density at radius 3 is 2.33 bits per heavy atom. The summed E-state index contributed by atoms with van der Waals surface area (Å²) in [6.07, 6.45) is 3.31. The van der Waals surface area contributed by atoms with Crippen LogP contribution in [0.25, 0.3) is 0 Å². The van der Waals surface area contributed by atoms with E-state index in [0.29, 0.717) is 17.9 Å². The highest BCUT2D eigenvalue weighted by Crippen LogP contribution is 2.45. The molecule has 1 aliphatic heterocycles. The summed E-state index contributed by atoms with van der Waals surface area (Å²) < 4.78 is 6.59. The van der Waals surface area contributed by atoms with E-state index in [-0.39, 0.29) is 5.60 Å². The predicted octanol–water partition coefficient (Wildman–Crippen LogP) is 4.87. The Kier molecular flexibility index (Phi) is 4.98. The molecule has 0 aromatic heterocycles. The summed E-state index contributed by atoms with van der Waals surface area (Å²) in [7, 11) is 2.07. The maximum atomic E-state index is 6.59. The summed E-state index contributed by atoms with van der Waals surface area (Å²) >= 11 is 0. The molecule has 1 N–H and O–H groups in total. The van der Waals surface area contributed by atoms with Gasteiger partial charge in [-0.25, -0.2) is 0 Å². The minimum Gasteiger partial charge on any atom is -0.487 e. The van der Waals surface area contributed by atoms with Crippen molar-refractivity contribution in [2.75, 3.05) is 7.05 Å². The number of nitrogens with one attached hydrogen (secondary N) is 1. The molecular weight excluding hydrogens is 258 g/mol. The molecule has 0 radical (unpaired) electrons. The van der Waals surface area contributed by atoms with Crippen LogP contribution in [0.15, 0.2) is 18.2 Å². The van der Waals surface area contributed by atoms with Crippen molar-refractivity contribution in [1.29, 1.82) is 0 Å². The van der Waals surface area contributed by atoms with Gasteiger partial charge in [-0.15, -0.1) is 0 Å². The maximum absolute atomic E-state index is 6.59. The van der Waals surface area contributed by atoms with Crippen LogP contribution in [0, 0.1) is 18.8 Å². The fourth-order valence-electron chi connectivity index (χ4n) is 3.87. The van der Waals surface area contributed by atoms with E-state index >= 15 is 0 Å². The first kappa shape index (κ1) is 16.4. The molecule has 0 aliphatic carbocycles. The van der Waals surface area contributed by atoms with Crippen molar-refractivity contribution in [3.63, 3.8) is 0 Å². The molecule has 1 aromatic carbocycles. The van der Waals surface area contributed by atoms with Gasteiger partial charge in [-0.2, -0.15) is 0 Å². The van der Waals surface area contributed by atoms with E-state index in [1.165, 1.54) is 11.1 Å². The van der Waals surface area contributed by atoms with Crippen LogP contribution in [-0.4, -0.2) is 12.6 Å². The second-order valence-electron chi connectivity index (χ2n) is 7.57. The number of rotatable bonds is 5. The van der Waals surface area contributed by atoms with Crippen LogP contribution in [0.3, 0.4) is 0 Å². The molecule has 0 bridgehead atoms. The molecule has 2 nitrogen and oxygen atoms in total. The predicted molar refractivity (Wildman–Crippen MR) is 89.9 cm³/mol. The third kappa shape index (κ3) is 3.79. The van der Waals surface area contributed by atoms with E-state index in [1.807, 2.05) is 0 Å². The molecule has 1 aromatic rings. The first-order valence-electron chi connectivity index (χ1n) is 8.32. The first-order valence-corrected chi connectivity index (χ1v) is 8.32. The molecule has 118 valence electrons. The summed E-state index contributed by atoms with van der Waals surface area (Å²) in [5.74, 6) is 2.37. The number of benzene rings is 1. The van der Waals surface area contributed by atoms with Gasteiger partial charge in [0.15, 0.2) is 0 Å². The molecule has 1 aliphatic rings. The Hall–Kier alpha value is -1.02. The van der Waals surface area contributed by atoms with E-state index in [9.17, 15) is 0 Å². The first-order chi connectivity index (χ1) is 9.85. The van der Waals surface area contributed by atoms with Crippen molar-refractivity contribution in [3.05, 3.63) is 29.3 Å². The molecule has 1 atom stereocenters. The Labute approximate surface area is 130 Å². The summed E-state index contributed by atoms with van der Waals surface area (Å²) in [5.41, 5.74) is 2.59. The van der Waals surface area contributed by atoms with Crippen molar-refractivity contribution >= 4 is 0 Å². The largest absolute Gasteiger partial charge is 0.487 e. The minimum atomic E-state index is -0.0295. The molecule has 0 saturated carbocycles. The van der Waals surface area contributed by atoms with Gasteiger partial charge < -0.3 is 10.1 Å². The van der Waals surface area contributed by atoms with Crippen LogP contribution >= 0.6 is 0 Å². The molecule has 21 heavy (non-hydrogen) atoms. The number of hydrogen-bond acceptors (Lipinski definition) is 2. The fraction of sp³-hybridized carbons (Fsp3) is 0.684. The third-order valence-electron chi connectivity index (χ3n) is 4.35. The average Bonchev–Trinajstić information content (AvgIpc) is 2.36. The van der Waals surface area contributed by atoms with Gasteiger partial charge in [0.25, 0.3) is 0 Å². The Morgan fingerprint density at radius 2 is 1.81 bits per heavy atom. The standard InChI is InChI=1S/C19H31NO/c1-13(2)10-19(11-14(3)4)12-17(20-6)16-9-15(5)7-8-18(16)21-19/h7-9,13-14,17,20H,10-12H2,1-6H3. The molecule has 0 spiro atoms. The summed E-state index contributed by atoms with van der Waals surface area (Å²) in [5, 5.41) is 3.51. The Balaban J connectivity index is 2.38. The second kappa shape index (κ2) is 6.39. The second-order valence-corrected chi connectivity index (χ2v) is 7.57. The minimum absolute atomic E-state index is 0.0295. The lowest BCUT2D eigenvalue weighted by Gasteiger charge is -2.44. The van der Waals surface area contributed by atoms with Crippen molar-refractivity contribution in [2.24, 2.45) is 11.8 Å². The van der Waals surface area contributed by atoms with Crippen molar-refractivity contribution < 1.29 is 4.74 Å². The van der Waals surface area contributed by atoms with Crippen LogP contribution < -0.4 is 10.1 Å². The van der Waals surface area contributed by atoms with Gasteiger partial charge in [0.2, 0.25) is 0 Å². The summed E-state index contributed by atoms with van der Waals surface area (Å²) in [4.78, 5) is 0. The van der Waals surface area contributed by atoms with Gasteiger partial charge in [-0.3, -0.25) is 0 Å². The van der Waals surface area contributed by atoms with Gasteiger partial charge in [-0.1, -0.05) is 45.4 Å². The molecule has 2 heteroatoms. The number of aryl methyl sites for hydroxylation is 1. The molecule has 1 heterocycles. The zero-order chi connectivity index (χ0) is 15.6. The Morgan fingerprint density at radius 1 is 1.19 bits per heavy atom. The van der Waals surface area contributed by atoms with Crippen LogP contribution in [0.5, 0.6) is 5.75 Å². The molecule has 0 amide bonds. The zero-order valence-corrected chi connectivity index (χ0v) is 14.5. The summed E-state index contributed by atoms with van der Waals surface area (Å²) in [6.45, 7) is 11.3. The molecule has 0 fully saturated rings. The smallest absolute Gasteiger partial charge is 0.124 e. The highest BCUT2D eigenvalue weighted by atomic mass is 16.5. The van der Waals surface area contributed by atoms with Gasteiger partial charge in [-0.05, 0) is 44.7 Å². The maximum Gasteiger partial charge on any atom is 0.124 e. The zero-order valence-electron chi connectivity index (χ0n) is 14.5. The van der Waals surface area contributed by atoms with Gasteiger partial charge in [0.1, 0.15) is 11.4 Å². The number of ether oxygens (including phenoxy) is 1. The van der Waals surface area contributed by atoms with Crippen LogP contribution in [-0.2, 0) is 0 Å². The quantitative estimate of drug-likeness (QED) is 0.835. The van der Waals surface area contributed by atoms with Gasteiger partial charge in [0.05, 0.1) is 0 Å². The van der Waals surface area contributed by atoms with E-state index in [0.717, 1.165) is 25.0 Å². The van der Waals surface area contributed by atoms with E-state index in [2.05, 4.69) is 65.2 Å². The van der Waals surface area contributed by atoms with Crippen LogP contribution in [0.2, 0.25) is 0 Å². The lowest BCUT2D eigenvalue weighted by atomic mass is 9.77. The van der Waals surface area contributed by atoms with Crippen LogP contribution in [0.1, 0.15) is 64.1 Å². The molecule has 2 rings (SSSR count). The van der Waals surface area contributed by atoms with E-state index in [1.54, 1.807) is 0 Å². The number of fused-ring (bicyclic) bond motifs is 1. The highest BCUT2D eigenvalue weighted by molar-refractivity contribution is 5.41. The third-order valence-corrected chi connectivity index (χ3v) is 4.35. The lowest BCUT2D eigenvalue weighted by Crippen LogP contribution is -2.45. The topological polar surface area (TPSA) is 21.3 Å². The molecule has 1 unspecified atom stereocenters. The van der Waals surface area contributed by atoms with Crippen molar-refractivity contribution in [2.45, 2.75) is 65.5 Å². The normalized spacial score (nSPS) is 20.5. The SMILES string of the molecule is CNC1CC(CC(C)C)(CC(C)C)Oc2ccc(C)cc21. The summed E-state index contributed by atoms with van der Waals surface area (Å²) in [6, 6.07) is 6.98. The van der Waals surface area contributed by atoms with Crippen molar-refractivity contribution in [1.82, 2.24) is 5.32 Å². The van der Waals surface area contributed by atoms with Gasteiger partial charge >= 0.3 is 0 Å². The van der Waals surface area contributed by atoms with Crippen molar-refractivity contribution in [3.8, 4) is 5.75 Å². The molecule has 0 saturated heterocycles. The monoisotopic (exact) mass is 289 g/mol. The highest BCUT2D eigenvalue weighted by Gasteiger charge is 2.41. The number of hydrogen-bond donors (Lipinski definition) is 1. The van der Waals surface area contributed by atoms with E-state index in [4.69, 9.17) is 4.74 Å². The fourth-order valence-corrected chi connectivity index (χ4v) is 3.87. The van der Waals surface area contributed by atoms with Gasteiger partial charge in [0, 0.05) is 18.0 Å². The lowest BCUT2D eigenvalue weighted by molar-refractivity contribution is -0.00525. The average molecular weight is 289 g/mol.